The molecule has 124 valence electrons. The summed E-state index contributed by atoms with van der Waals surface area (Å²) in [6.07, 6.45) is 0. The van der Waals surface area contributed by atoms with E-state index in [0.717, 1.165) is 5.56 Å². The number of ether oxygens (including phenoxy) is 2. The number of nitrogens with one attached hydrogen (secondary N) is 2. The van der Waals surface area contributed by atoms with Gasteiger partial charge in [0.2, 0.25) is 11.8 Å². The highest BCUT2D eigenvalue weighted by molar-refractivity contribution is 5.85. The Bertz CT molecular complexity index is 511. The Kier molecular flexibility index (Phi) is 8.97. The average Bonchev–Trinajstić information content (AvgIpc) is 2.51. The van der Waals surface area contributed by atoms with Crippen LogP contribution in [0, 0.1) is 0 Å². The predicted molar refractivity (Wildman–Crippen MR) is 85.4 cm³/mol. The third-order valence-corrected chi connectivity index (χ3v) is 2.92. The summed E-state index contributed by atoms with van der Waals surface area (Å²) in [6, 6.07) is 5.17. The van der Waals surface area contributed by atoms with Crippen LogP contribution in [0.25, 0.3) is 0 Å². The first-order chi connectivity index (χ1) is 10.0. The maximum absolute atomic E-state index is 11.7. The molecule has 1 aromatic rings. The molecule has 1 atom stereocenters. The van der Waals surface area contributed by atoms with E-state index < -0.39 is 0 Å². The van der Waals surface area contributed by atoms with E-state index in [2.05, 4.69) is 10.6 Å². The Morgan fingerprint density at radius 1 is 1.18 bits per heavy atom. The third-order valence-electron chi connectivity index (χ3n) is 2.92. The van der Waals surface area contributed by atoms with Crippen LogP contribution in [0.15, 0.2) is 18.2 Å². The van der Waals surface area contributed by atoms with E-state index in [1.807, 2.05) is 13.0 Å². The molecule has 0 aliphatic heterocycles. The minimum Gasteiger partial charge on any atom is -0.493 e. The van der Waals surface area contributed by atoms with Crippen molar-refractivity contribution in [2.45, 2.75) is 13.0 Å². The zero-order valence-electron chi connectivity index (χ0n) is 12.8. The molecule has 1 rings (SSSR count). The lowest BCUT2D eigenvalue weighted by atomic mass is 10.1. The lowest BCUT2D eigenvalue weighted by Gasteiger charge is -2.16. The smallest absolute Gasteiger partial charge is 0.239 e. The van der Waals surface area contributed by atoms with Gasteiger partial charge in [0.1, 0.15) is 0 Å². The zero-order chi connectivity index (χ0) is 15.8. The van der Waals surface area contributed by atoms with Gasteiger partial charge < -0.3 is 25.8 Å². The maximum atomic E-state index is 11.7. The molecule has 0 saturated carbocycles. The fraction of sp³-hybridized carbons (Fsp3) is 0.429. The van der Waals surface area contributed by atoms with Gasteiger partial charge in [0.15, 0.2) is 11.5 Å². The van der Waals surface area contributed by atoms with Crippen LogP contribution < -0.4 is 25.8 Å². The number of amides is 2. The number of methoxy groups -OCH3 is 2. The number of nitrogens with two attached hydrogens (primary N) is 1. The second-order valence-corrected chi connectivity index (χ2v) is 4.38. The summed E-state index contributed by atoms with van der Waals surface area (Å²) in [5.74, 6) is 0.547. The molecular formula is C14H22ClN3O4. The van der Waals surface area contributed by atoms with Gasteiger partial charge >= 0.3 is 0 Å². The summed E-state index contributed by atoms with van der Waals surface area (Å²) in [5, 5.41) is 5.18. The number of benzene rings is 1. The van der Waals surface area contributed by atoms with Crippen molar-refractivity contribution in [3.63, 3.8) is 0 Å². The zero-order valence-corrected chi connectivity index (χ0v) is 13.7. The van der Waals surface area contributed by atoms with Gasteiger partial charge in [-0.05, 0) is 24.6 Å². The second-order valence-electron chi connectivity index (χ2n) is 4.38. The van der Waals surface area contributed by atoms with E-state index in [4.69, 9.17) is 15.2 Å². The molecule has 7 nitrogen and oxygen atoms in total. The number of rotatable bonds is 7. The quantitative estimate of drug-likeness (QED) is 0.670. The molecule has 0 heterocycles. The van der Waals surface area contributed by atoms with E-state index in [1.165, 1.54) is 0 Å². The van der Waals surface area contributed by atoms with Gasteiger partial charge in [-0.2, -0.15) is 0 Å². The fourth-order valence-corrected chi connectivity index (χ4v) is 1.75. The summed E-state index contributed by atoms with van der Waals surface area (Å²) in [4.78, 5) is 22.7. The first kappa shape index (κ1) is 20.0. The number of halogens is 1. The molecule has 0 radical (unpaired) electrons. The number of hydrogen-bond acceptors (Lipinski definition) is 5. The first-order valence-electron chi connectivity index (χ1n) is 6.49. The molecule has 8 heteroatoms. The summed E-state index contributed by atoms with van der Waals surface area (Å²) in [6.45, 7) is 1.59. The van der Waals surface area contributed by atoms with Crippen LogP contribution >= 0.6 is 12.4 Å². The molecule has 0 saturated heterocycles. The molecule has 2 amide bonds. The molecular weight excluding hydrogens is 310 g/mol. The van der Waals surface area contributed by atoms with Crippen molar-refractivity contribution in [2.24, 2.45) is 5.73 Å². The molecule has 0 aromatic heterocycles. The van der Waals surface area contributed by atoms with Crippen LogP contribution in [0.3, 0.4) is 0 Å². The van der Waals surface area contributed by atoms with Crippen LogP contribution in [0.2, 0.25) is 0 Å². The van der Waals surface area contributed by atoms with E-state index in [9.17, 15) is 9.59 Å². The largest absolute Gasteiger partial charge is 0.493 e. The highest BCUT2D eigenvalue weighted by Gasteiger charge is 2.13. The molecule has 4 N–H and O–H groups in total. The summed E-state index contributed by atoms with van der Waals surface area (Å²) < 4.78 is 10.4. The maximum Gasteiger partial charge on any atom is 0.239 e. The standard InChI is InChI=1S/C14H21N3O4.ClH/c1-9(17-14(19)8-16-13(18)7-15)10-4-5-11(20-2)12(6-10)21-3;/h4-6,9H,7-8,15H2,1-3H3,(H,16,18)(H,17,19);1H. The molecule has 0 aliphatic carbocycles. The monoisotopic (exact) mass is 331 g/mol. The van der Waals surface area contributed by atoms with Crippen molar-refractivity contribution < 1.29 is 19.1 Å². The molecule has 0 aliphatic rings. The lowest BCUT2D eigenvalue weighted by Crippen LogP contribution is -2.40. The van der Waals surface area contributed by atoms with Crippen molar-refractivity contribution in [2.75, 3.05) is 27.3 Å². The van der Waals surface area contributed by atoms with Crippen LogP contribution in [0.1, 0.15) is 18.5 Å². The van der Waals surface area contributed by atoms with E-state index in [-0.39, 0.29) is 43.4 Å². The molecule has 1 unspecified atom stereocenters. The molecule has 0 spiro atoms. The summed E-state index contributed by atoms with van der Waals surface area (Å²) in [5.41, 5.74) is 6.01. The predicted octanol–water partition coefficient (Wildman–Crippen LogP) is 0.378. The van der Waals surface area contributed by atoms with Crippen LogP contribution in [-0.2, 0) is 9.59 Å². The number of carbonyl (C=O) groups excluding carboxylic acids is 2. The molecule has 0 bridgehead atoms. The van der Waals surface area contributed by atoms with Gasteiger partial charge in [-0.25, -0.2) is 0 Å². The average molecular weight is 332 g/mol. The Hall–Kier alpha value is -1.99. The van der Waals surface area contributed by atoms with Crippen molar-refractivity contribution in [1.29, 1.82) is 0 Å². The van der Waals surface area contributed by atoms with E-state index >= 15 is 0 Å². The third kappa shape index (κ3) is 5.79. The normalized spacial score (nSPS) is 10.9. The molecule has 1 aromatic carbocycles. The van der Waals surface area contributed by atoms with Gasteiger partial charge in [-0.1, -0.05) is 6.07 Å². The minimum atomic E-state index is -0.371. The second kappa shape index (κ2) is 9.86. The highest BCUT2D eigenvalue weighted by Crippen LogP contribution is 2.29. The Balaban J connectivity index is 0.00000441. The van der Waals surface area contributed by atoms with Gasteiger partial charge in [0, 0.05) is 0 Å². The van der Waals surface area contributed by atoms with Crippen molar-refractivity contribution in [1.82, 2.24) is 10.6 Å². The van der Waals surface area contributed by atoms with E-state index in [0.29, 0.717) is 11.5 Å². The van der Waals surface area contributed by atoms with Crippen LogP contribution in [0.4, 0.5) is 0 Å². The molecule has 0 fully saturated rings. The highest BCUT2D eigenvalue weighted by atomic mass is 35.5. The van der Waals surface area contributed by atoms with Crippen molar-refractivity contribution in [3.05, 3.63) is 23.8 Å². The van der Waals surface area contributed by atoms with Gasteiger partial charge in [0.25, 0.3) is 0 Å². The summed E-state index contributed by atoms with van der Waals surface area (Å²) in [7, 11) is 3.11. The van der Waals surface area contributed by atoms with E-state index in [1.54, 1.807) is 26.4 Å². The Morgan fingerprint density at radius 2 is 1.82 bits per heavy atom. The van der Waals surface area contributed by atoms with Crippen molar-refractivity contribution >= 4 is 24.2 Å². The number of hydrogen-bond donors (Lipinski definition) is 3. The van der Waals surface area contributed by atoms with Gasteiger partial charge in [-0.3, -0.25) is 9.59 Å². The Labute approximate surface area is 135 Å². The SMILES string of the molecule is COc1ccc(C(C)NC(=O)CNC(=O)CN)cc1OC.Cl. The minimum absolute atomic E-state index is 0. The summed E-state index contributed by atoms with van der Waals surface area (Å²) >= 11 is 0. The fourth-order valence-electron chi connectivity index (χ4n) is 1.75. The van der Waals surface area contributed by atoms with Gasteiger partial charge in [0.05, 0.1) is 33.4 Å². The van der Waals surface area contributed by atoms with Crippen molar-refractivity contribution in [3.8, 4) is 11.5 Å². The Morgan fingerprint density at radius 3 is 2.36 bits per heavy atom. The topological polar surface area (TPSA) is 103 Å². The van der Waals surface area contributed by atoms with Crippen LogP contribution in [-0.4, -0.2) is 39.1 Å². The first-order valence-corrected chi connectivity index (χ1v) is 6.49. The van der Waals surface area contributed by atoms with Crippen LogP contribution in [0.5, 0.6) is 11.5 Å². The molecule has 22 heavy (non-hydrogen) atoms. The lowest BCUT2D eigenvalue weighted by molar-refractivity contribution is -0.125. The van der Waals surface area contributed by atoms with Gasteiger partial charge in [-0.15, -0.1) is 12.4 Å². The number of carbonyl (C=O) groups is 2.